The Morgan fingerprint density at radius 1 is 0.931 bits per heavy atom. The van der Waals surface area contributed by atoms with Gasteiger partial charge in [0.15, 0.2) is 0 Å². The second-order valence-corrected chi connectivity index (χ2v) is 8.28. The van der Waals surface area contributed by atoms with Crippen molar-refractivity contribution in [3.05, 3.63) is 99.9 Å². The van der Waals surface area contributed by atoms with Crippen LogP contribution in [0.25, 0.3) is 6.08 Å². The lowest BCUT2D eigenvalue weighted by Crippen LogP contribution is -2.13. The lowest BCUT2D eigenvalue weighted by molar-refractivity contribution is 0.102. The van der Waals surface area contributed by atoms with Crippen molar-refractivity contribution < 1.29 is 13.2 Å². The SMILES string of the molecule is Cc1c(Cl)cccc1NC(=O)c1ccc(NS(=O)(=O)/C=C/c2ccccc2)cc1. The van der Waals surface area contributed by atoms with Gasteiger partial charge in [0.25, 0.3) is 15.9 Å². The third kappa shape index (κ3) is 5.70. The van der Waals surface area contributed by atoms with E-state index in [9.17, 15) is 13.2 Å². The van der Waals surface area contributed by atoms with E-state index in [1.807, 2.05) is 25.1 Å². The van der Waals surface area contributed by atoms with E-state index >= 15 is 0 Å². The first-order chi connectivity index (χ1) is 13.8. The number of hydrogen-bond donors (Lipinski definition) is 2. The lowest BCUT2D eigenvalue weighted by atomic mass is 10.1. The van der Waals surface area contributed by atoms with E-state index < -0.39 is 10.0 Å². The lowest BCUT2D eigenvalue weighted by Gasteiger charge is -2.10. The first-order valence-electron chi connectivity index (χ1n) is 8.76. The van der Waals surface area contributed by atoms with Crippen LogP contribution in [-0.2, 0) is 10.0 Å². The molecule has 0 atom stereocenters. The Balaban J connectivity index is 1.67. The summed E-state index contributed by atoms with van der Waals surface area (Å²) in [5.74, 6) is -0.311. The van der Waals surface area contributed by atoms with Gasteiger partial charge in [-0.25, -0.2) is 8.42 Å². The van der Waals surface area contributed by atoms with Gasteiger partial charge in [0.2, 0.25) is 0 Å². The van der Waals surface area contributed by atoms with Crippen molar-refractivity contribution in [2.24, 2.45) is 0 Å². The molecule has 3 rings (SSSR count). The molecule has 0 saturated heterocycles. The number of carbonyl (C=O) groups is 1. The molecule has 1 amide bonds. The van der Waals surface area contributed by atoms with Crippen molar-refractivity contribution in [3.8, 4) is 0 Å². The third-order valence-electron chi connectivity index (χ3n) is 4.16. The number of carbonyl (C=O) groups excluding carboxylic acids is 1. The van der Waals surface area contributed by atoms with Crippen LogP contribution in [0, 0.1) is 6.92 Å². The van der Waals surface area contributed by atoms with Crippen LogP contribution in [-0.4, -0.2) is 14.3 Å². The van der Waals surface area contributed by atoms with Crippen LogP contribution >= 0.6 is 11.6 Å². The molecular weight excluding hydrogens is 408 g/mol. The van der Waals surface area contributed by atoms with E-state index in [0.717, 1.165) is 16.5 Å². The molecule has 0 heterocycles. The van der Waals surface area contributed by atoms with E-state index in [4.69, 9.17) is 11.6 Å². The minimum atomic E-state index is -3.67. The van der Waals surface area contributed by atoms with Crippen molar-refractivity contribution in [1.29, 1.82) is 0 Å². The molecule has 0 bridgehead atoms. The first kappa shape index (κ1) is 20.6. The molecule has 0 aliphatic rings. The minimum Gasteiger partial charge on any atom is -0.322 e. The van der Waals surface area contributed by atoms with Gasteiger partial charge in [-0.2, -0.15) is 0 Å². The van der Waals surface area contributed by atoms with Crippen LogP contribution in [0.2, 0.25) is 5.02 Å². The maximum atomic E-state index is 12.4. The molecule has 0 aliphatic heterocycles. The van der Waals surface area contributed by atoms with Gasteiger partial charge < -0.3 is 5.32 Å². The number of benzene rings is 3. The Labute approximate surface area is 175 Å². The predicted molar refractivity (Wildman–Crippen MR) is 119 cm³/mol. The summed E-state index contributed by atoms with van der Waals surface area (Å²) in [5.41, 5.74) is 2.93. The van der Waals surface area contributed by atoms with Gasteiger partial charge in [0.1, 0.15) is 0 Å². The molecule has 29 heavy (non-hydrogen) atoms. The zero-order valence-electron chi connectivity index (χ0n) is 15.6. The predicted octanol–water partition coefficient (Wildman–Crippen LogP) is 5.31. The maximum Gasteiger partial charge on any atom is 0.255 e. The first-order valence-corrected chi connectivity index (χ1v) is 10.7. The van der Waals surface area contributed by atoms with Crippen LogP contribution < -0.4 is 10.0 Å². The van der Waals surface area contributed by atoms with Crippen LogP contribution in [0.15, 0.2) is 78.2 Å². The van der Waals surface area contributed by atoms with Gasteiger partial charge in [-0.15, -0.1) is 0 Å². The quantitative estimate of drug-likeness (QED) is 0.560. The van der Waals surface area contributed by atoms with E-state index in [0.29, 0.717) is 22.0 Å². The smallest absolute Gasteiger partial charge is 0.255 e. The molecule has 0 aliphatic carbocycles. The van der Waals surface area contributed by atoms with Gasteiger partial charge in [-0.1, -0.05) is 48.0 Å². The molecule has 3 aromatic rings. The van der Waals surface area contributed by atoms with Crippen molar-refractivity contribution in [2.45, 2.75) is 6.92 Å². The highest BCUT2D eigenvalue weighted by molar-refractivity contribution is 7.95. The molecule has 7 heteroatoms. The molecule has 0 radical (unpaired) electrons. The molecule has 2 N–H and O–H groups in total. The fraction of sp³-hybridized carbons (Fsp3) is 0.0455. The third-order valence-corrected chi connectivity index (χ3v) is 5.59. The van der Waals surface area contributed by atoms with Gasteiger partial charge in [-0.3, -0.25) is 9.52 Å². The monoisotopic (exact) mass is 426 g/mol. The second kappa shape index (κ2) is 8.94. The molecule has 148 valence electrons. The highest BCUT2D eigenvalue weighted by Gasteiger charge is 2.10. The van der Waals surface area contributed by atoms with Crippen LogP contribution in [0.1, 0.15) is 21.5 Å². The number of sulfonamides is 1. The molecule has 0 aromatic heterocycles. The normalized spacial score (nSPS) is 11.4. The van der Waals surface area contributed by atoms with Crippen LogP contribution in [0.4, 0.5) is 11.4 Å². The van der Waals surface area contributed by atoms with Crippen molar-refractivity contribution in [2.75, 3.05) is 10.0 Å². The fourth-order valence-corrected chi connectivity index (χ4v) is 3.60. The molecule has 5 nitrogen and oxygen atoms in total. The van der Waals surface area contributed by atoms with Gasteiger partial charge in [-0.05, 0) is 60.5 Å². The van der Waals surface area contributed by atoms with Crippen LogP contribution in [0.3, 0.4) is 0 Å². The van der Waals surface area contributed by atoms with Crippen molar-refractivity contribution in [1.82, 2.24) is 0 Å². The van der Waals surface area contributed by atoms with Gasteiger partial charge in [0, 0.05) is 22.0 Å². The number of rotatable bonds is 6. The molecule has 0 fully saturated rings. The van der Waals surface area contributed by atoms with Gasteiger partial charge >= 0.3 is 0 Å². The van der Waals surface area contributed by atoms with E-state index in [1.54, 1.807) is 42.5 Å². The van der Waals surface area contributed by atoms with Gasteiger partial charge in [0.05, 0.1) is 5.41 Å². The Bertz CT molecular complexity index is 1140. The summed E-state index contributed by atoms with van der Waals surface area (Å²) in [4.78, 5) is 12.4. The number of halogens is 1. The summed E-state index contributed by atoms with van der Waals surface area (Å²) >= 11 is 6.07. The number of anilines is 2. The Hall–Kier alpha value is -3.09. The summed E-state index contributed by atoms with van der Waals surface area (Å²) in [6, 6.07) is 20.6. The minimum absolute atomic E-state index is 0.311. The fourth-order valence-electron chi connectivity index (χ4n) is 2.56. The standard InChI is InChI=1S/C22H19ClN2O3S/c1-16-20(23)8-5-9-21(16)24-22(26)18-10-12-19(13-11-18)25-29(27,28)15-14-17-6-3-2-4-7-17/h2-15,25H,1H3,(H,24,26)/b15-14+. The maximum absolute atomic E-state index is 12.4. The number of amides is 1. The molecule has 0 unspecified atom stereocenters. The molecule has 0 saturated carbocycles. The summed E-state index contributed by atoms with van der Waals surface area (Å²) < 4.78 is 26.9. The highest BCUT2D eigenvalue weighted by Crippen LogP contribution is 2.23. The Kier molecular flexibility index (Phi) is 6.36. The summed E-state index contributed by atoms with van der Waals surface area (Å²) in [5, 5.41) is 4.47. The number of nitrogens with one attached hydrogen (secondary N) is 2. The molecular formula is C22H19ClN2O3S. The van der Waals surface area contributed by atoms with E-state index in [1.165, 1.54) is 18.2 Å². The zero-order valence-corrected chi connectivity index (χ0v) is 17.2. The van der Waals surface area contributed by atoms with Crippen molar-refractivity contribution >= 4 is 45.0 Å². The Morgan fingerprint density at radius 2 is 1.62 bits per heavy atom. The second-order valence-electron chi connectivity index (χ2n) is 6.30. The van der Waals surface area contributed by atoms with E-state index in [2.05, 4.69) is 10.0 Å². The molecule has 3 aromatic carbocycles. The number of hydrogen-bond acceptors (Lipinski definition) is 3. The average molecular weight is 427 g/mol. The highest BCUT2D eigenvalue weighted by atomic mass is 35.5. The molecule has 0 spiro atoms. The van der Waals surface area contributed by atoms with Crippen molar-refractivity contribution in [3.63, 3.8) is 0 Å². The Morgan fingerprint density at radius 3 is 2.31 bits per heavy atom. The van der Waals surface area contributed by atoms with Crippen LogP contribution in [0.5, 0.6) is 0 Å². The summed E-state index contributed by atoms with van der Waals surface area (Å²) in [6.07, 6.45) is 1.51. The zero-order chi connectivity index (χ0) is 20.9. The van der Waals surface area contributed by atoms with E-state index in [-0.39, 0.29) is 5.91 Å². The summed E-state index contributed by atoms with van der Waals surface area (Å²) in [7, 11) is -3.67. The summed E-state index contributed by atoms with van der Waals surface area (Å²) in [6.45, 7) is 1.82. The topological polar surface area (TPSA) is 75.3 Å². The average Bonchev–Trinajstić information content (AvgIpc) is 2.71. The largest absolute Gasteiger partial charge is 0.322 e.